The van der Waals surface area contributed by atoms with Gasteiger partial charge >= 0.3 is 5.97 Å². The fourth-order valence-electron chi connectivity index (χ4n) is 1.83. The van der Waals surface area contributed by atoms with Crippen molar-refractivity contribution in [2.75, 3.05) is 20.2 Å². The largest absolute Gasteiger partial charge is 0.497 e. The van der Waals surface area contributed by atoms with Crippen molar-refractivity contribution in [2.45, 2.75) is 0 Å². The van der Waals surface area contributed by atoms with Gasteiger partial charge in [0.1, 0.15) is 5.75 Å². The molecule has 5 heteroatoms. The van der Waals surface area contributed by atoms with Crippen molar-refractivity contribution < 1.29 is 19.4 Å². The van der Waals surface area contributed by atoms with Crippen molar-refractivity contribution in [3.8, 4) is 5.75 Å². The highest BCUT2D eigenvalue weighted by atomic mass is 16.5. The molecule has 1 N–H and O–H groups in total. The first-order chi connectivity index (χ1) is 9.10. The molecule has 100 valence electrons. The standard InChI is InChI=1S/C14H15NO4/c1-19-12-4-2-3-10(7-12)5-6-13(16)15-8-11(9-15)14(17)18/h2-7,11H,8-9H2,1H3,(H,17,18). The normalized spacial score (nSPS) is 15.3. The molecule has 1 aromatic rings. The zero-order valence-corrected chi connectivity index (χ0v) is 10.6. The highest BCUT2D eigenvalue weighted by Crippen LogP contribution is 2.17. The maximum Gasteiger partial charge on any atom is 0.310 e. The van der Waals surface area contributed by atoms with Gasteiger partial charge in [-0.2, -0.15) is 0 Å². The van der Waals surface area contributed by atoms with Crippen LogP contribution in [0.2, 0.25) is 0 Å². The molecular weight excluding hydrogens is 246 g/mol. The number of carbonyl (C=O) groups excluding carboxylic acids is 1. The van der Waals surface area contributed by atoms with E-state index in [9.17, 15) is 9.59 Å². The third kappa shape index (κ3) is 3.13. The molecule has 2 rings (SSSR count). The van der Waals surface area contributed by atoms with Gasteiger partial charge in [-0.15, -0.1) is 0 Å². The molecule has 1 aliphatic heterocycles. The summed E-state index contributed by atoms with van der Waals surface area (Å²) in [4.78, 5) is 23.9. The molecule has 1 amide bonds. The molecule has 0 radical (unpaired) electrons. The topological polar surface area (TPSA) is 66.8 Å². The maximum absolute atomic E-state index is 11.7. The van der Waals surface area contributed by atoms with Crippen LogP contribution in [0, 0.1) is 5.92 Å². The summed E-state index contributed by atoms with van der Waals surface area (Å²) in [6.07, 6.45) is 3.14. The Morgan fingerprint density at radius 3 is 2.79 bits per heavy atom. The molecule has 0 bridgehead atoms. The average molecular weight is 261 g/mol. The van der Waals surface area contributed by atoms with Crippen LogP contribution in [-0.2, 0) is 9.59 Å². The minimum Gasteiger partial charge on any atom is -0.497 e. The van der Waals surface area contributed by atoms with E-state index in [4.69, 9.17) is 9.84 Å². The lowest BCUT2D eigenvalue weighted by Gasteiger charge is -2.35. The van der Waals surface area contributed by atoms with Gasteiger partial charge in [-0.05, 0) is 23.8 Å². The van der Waals surface area contributed by atoms with Crippen LogP contribution in [0.3, 0.4) is 0 Å². The number of ether oxygens (including phenoxy) is 1. The lowest BCUT2D eigenvalue weighted by atomic mass is 10.0. The number of carboxylic acids is 1. The number of benzene rings is 1. The number of rotatable bonds is 4. The van der Waals surface area contributed by atoms with E-state index in [1.54, 1.807) is 13.2 Å². The molecule has 19 heavy (non-hydrogen) atoms. The van der Waals surface area contributed by atoms with Gasteiger partial charge in [-0.1, -0.05) is 12.1 Å². The summed E-state index contributed by atoms with van der Waals surface area (Å²) in [7, 11) is 1.58. The molecule has 0 unspecified atom stereocenters. The Bertz CT molecular complexity index is 518. The summed E-state index contributed by atoms with van der Waals surface area (Å²) in [6, 6.07) is 7.35. The second kappa shape index (κ2) is 5.56. The summed E-state index contributed by atoms with van der Waals surface area (Å²) < 4.78 is 5.09. The van der Waals surface area contributed by atoms with Gasteiger partial charge < -0.3 is 14.7 Å². The van der Waals surface area contributed by atoms with Crippen LogP contribution in [0.4, 0.5) is 0 Å². The number of likely N-dealkylation sites (tertiary alicyclic amines) is 1. The minimum absolute atomic E-state index is 0.166. The van der Waals surface area contributed by atoms with Crippen molar-refractivity contribution in [3.05, 3.63) is 35.9 Å². The van der Waals surface area contributed by atoms with Gasteiger partial charge in [0.2, 0.25) is 5.91 Å². The molecule has 1 heterocycles. The number of methoxy groups -OCH3 is 1. The van der Waals surface area contributed by atoms with Gasteiger partial charge in [0, 0.05) is 19.2 Å². The molecule has 5 nitrogen and oxygen atoms in total. The Morgan fingerprint density at radius 1 is 1.42 bits per heavy atom. The minimum atomic E-state index is -0.846. The number of carboxylic acid groups (broad SMARTS) is 1. The third-order valence-corrected chi connectivity index (χ3v) is 3.05. The fourth-order valence-corrected chi connectivity index (χ4v) is 1.83. The van der Waals surface area contributed by atoms with E-state index in [0.717, 1.165) is 11.3 Å². The lowest BCUT2D eigenvalue weighted by molar-refractivity contribution is -0.151. The first-order valence-electron chi connectivity index (χ1n) is 5.94. The van der Waals surface area contributed by atoms with E-state index < -0.39 is 11.9 Å². The second-order valence-corrected chi connectivity index (χ2v) is 4.39. The molecule has 1 aliphatic rings. The van der Waals surface area contributed by atoms with Crippen LogP contribution >= 0.6 is 0 Å². The summed E-state index contributed by atoms with van der Waals surface area (Å²) in [5, 5.41) is 8.73. The first kappa shape index (κ1) is 13.1. The maximum atomic E-state index is 11.7. The van der Waals surface area contributed by atoms with E-state index in [0.29, 0.717) is 0 Å². The lowest BCUT2D eigenvalue weighted by Crippen LogP contribution is -2.52. The summed E-state index contributed by atoms with van der Waals surface area (Å²) >= 11 is 0. The number of aliphatic carboxylic acids is 1. The van der Waals surface area contributed by atoms with Crippen molar-refractivity contribution >= 4 is 18.0 Å². The summed E-state index contributed by atoms with van der Waals surface area (Å²) in [5.74, 6) is -0.709. The molecule has 0 spiro atoms. The van der Waals surface area contributed by atoms with Gasteiger partial charge in [0.15, 0.2) is 0 Å². The number of hydrogen-bond acceptors (Lipinski definition) is 3. The van der Waals surface area contributed by atoms with Crippen LogP contribution in [0.1, 0.15) is 5.56 Å². The first-order valence-corrected chi connectivity index (χ1v) is 5.94. The van der Waals surface area contributed by atoms with Crippen molar-refractivity contribution in [1.29, 1.82) is 0 Å². The molecule has 1 fully saturated rings. The Hall–Kier alpha value is -2.30. The number of nitrogens with zero attached hydrogens (tertiary/aromatic N) is 1. The quantitative estimate of drug-likeness (QED) is 0.828. The molecule has 1 saturated heterocycles. The molecule has 0 saturated carbocycles. The number of amides is 1. The monoisotopic (exact) mass is 261 g/mol. The van der Waals surface area contributed by atoms with E-state index in [-0.39, 0.29) is 19.0 Å². The van der Waals surface area contributed by atoms with Crippen molar-refractivity contribution in [3.63, 3.8) is 0 Å². The predicted octanol–water partition coefficient (Wildman–Crippen LogP) is 1.25. The number of carbonyl (C=O) groups is 2. The third-order valence-electron chi connectivity index (χ3n) is 3.05. The van der Waals surface area contributed by atoms with Crippen LogP contribution in [0.25, 0.3) is 6.08 Å². The SMILES string of the molecule is COc1cccc(C=CC(=O)N2CC(C(=O)O)C2)c1. The molecule has 1 aromatic carbocycles. The second-order valence-electron chi connectivity index (χ2n) is 4.39. The smallest absolute Gasteiger partial charge is 0.310 e. The summed E-state index contributed by atoms with van der Waals surface area (Å²) in [6.45, 7) is 0.577. The van der Waals surface area contributed by atoms with Gasteiger partial charge in [0.05, 0.1) is 13.0 Å². The Morgan fingerprint density at radius 2 is 2.16 bits per heavy atom. The zero-order chi connectivity index (χ0) is 13.8. The van der Waals surface area contributed by atoms with Crippen LogP contribution < -0.4 is 4.74 Å². The van der Waals surface area contributed by atoms with Gasteiger partial charge in [-0.25, -0.2) is 0 Å². The predicted molar refractivity (Wildman–Crippen MR) is 69.7 cm³/mol. The molecular formula is C14H15NO4. The Kier molecular flexibility index (Phi) is 3.85. The van der Waals surface area contributed by atoms with E-state index >= 15 is 0 Å². The van der Waals surface area contributed by atoms with E-state index in [1.165, 1.54) is 11.0 Å². The van der Waals surface area contributed by atoms with Crippen molar-refractivity contribution in [1.82, 2.24) is 4.90 Å². The molecule has 0 aliphatic carbocycles. The van der Waals surface area contributed by atoms with Crippen LogP contribution in [0.15, 0.2) is 30.3 Å². The highest BCUT2D eigenvalue weighted by Gasteiger charge is 2.34. The van der Waals surface area contributed by atoms with Gasteiger partial charge in [0.25, 0.3) is 0 Å². The fraction of sp³-hybridized carbons (Fsp3) is 0.286. The van der Waals surface area contributed by atoms with Crippen LogP contribution in [0.5, 0.6) is 5.75 Å². The highest BCUT2D eigenvalue weighted by molar-refractivity contribution is 5.93. The zero-order valence-electron chi connectivity index (χ0n) is 10.6. The Labute approximate surface area is 111 Å². The van der Waals surface area contributed by atoms with E-state index in [2.05, 4.69) is 0 Å². The van der Waals surface area contributed by atoms with E-state index in [1.807, 2.05) is 24.3 Å². The van der Waals surface area contributed by atoms with Crippen LogP contribution in [-0.4, -0.2) is 42.1 Å². The summed E-state index contributed by atoms with van der Waals surface area (Å²) in [5.41, 5.74) is 0.864. The number of hydrogen-bond donors (Lipinski definition) is 1. The van der Waals surface area contributed by atoms with Crippen molar-refractivity contribution in [2.24, 2.45) is 5.92 Å². The van der Waals surface area contributed by atoms with Gasteiger partial charge in [-0.3, -0.25) is 9.59 Å². The molecule has 0 atom stereocenters. The molecule has 0 aromatic heterocycles. The average Bonchev–Trinajstić information content (AvgIpc) is 2.34. The Balaban J connectivity index is 1.92.